The van der Waals surface area contributed by atoms with Gasteiger partial charge in [-0.25, -0.2) is 0 Å². The van der Waals surface area contributed by atoms with Gasteiger partial charge >= 0.3 is 9.28 Å². The number of hydrogen-bond acceptors (Lipinski definition) is 3. The Bertz CT molecular complexity index is 275. The molecule has 6 heteroatoms. The summed E-state index contributed by atoms with van der Waals surface area (Å²) in [4.78, 5) is 0. The molecule has 0 aliphatic heterocycles. The highest BCUT2D eigenvalue weighted by molar-refractivity contribution is 6.84. The minimum absolute atomic E-state index is 0.785. The average molecular weight is 378 g/mol. The van der Waals surface area contributed by atoms with E-state index in [1.54, 1.807) is 0 Å². The molecule has 0 unspecified atom stereocenters. The van der Waals surface area contributed by atoms with Gasteiger partial charge in [0.05, 0.1) is 0 Å². The zero-order valence-corrected chi connectivity index (χ0v) is 19.8. The van der Waals surface area contributed by atoms with Crippen LogP contribution in [0.15, 0.2) is 0 Å². The van der Waals surface area contributed by atoms with E-state index in [0.29, 0.717) is 0 Å². The second kappa shape index (κ2) is 12.8. The summed E-state index contributed by atoms with van der Waals surface area (Å²) < 4.78 is 17.8. The molecule has 0 saturated heterocycles. The lowest BCUT2D eigenvalue weighted by atomic mass is 10.1. The van der Waals surface area contributed by atoms with Crippen LogP contribution in [0.4, 0.5) is 0 Å². The molecule has 0 heterocycles. The molecule has 23 heavy (non-hydrogen) atoms. The van der Waals surface area contributed by atoms with Crippen LogP contribution >= 0.6 is 0 Å². The molecular weight excluding hydrogens is 336 g/mol. The van der Waals surface area contributed by atoms with E-state index in [2.05, 4.69) is 46.6 Å². The molecule has 0 spiro atoms. The van der Waals surface area contributed by atoms with Crippen molar-refractivity contribution < 1.29 is 13.0 Å². The molecule has 139 valence electrons. The normalized spacial score (nSPS) is 13.0. The Morgan fingerprint density at radius 3 is 1.65 bits per heavy atom. The quantitative estimate of drug-likeness (QED) is 0.261. The fourth-order valence-electron chi connectivity index (χ4n) is 2.92. The van der Waals surface area contributed by atoms with Gasteiger partial charge in [0, 0.05) is 13.2 Å². The van der Waals surface area contributed by atoms with E-state index >= 15 is 0 Å². The molecule has 0 aromatic rings. The summed E-state index contributed by atoms with van der Waals surface area (Å²) in [5.74, 6) is 0. The fraction of sp³-hybridized carbons (Fsp3) is 1.00. The first kappa shape index (κ1) is 23.5. The van der Waals surface area contributed by atoms with Gasteiger partial charge in [-0.05, 0) is 58.7 Å². The molecule has 0 aromatic carbocycles. The Labute approximate surface area is 149 Å². The van der Waals surface area contributed by atoms with E-state index < -0.39 is 25.9 Å². The van der Waals surface area contributed by atoms with E-state index in [9.17, 15) is 0 Å². The average Bonchev–Trinajstić information content (AvgIpc) is 2.39. The summed E-state index contributed by atoms with van der Waals surface area (Å²) in [6, 6.07) is 2.45. The standard InChI is InChI=1S/C17H41O3Si3/c1-8-18-21(19-9-2)16-14-12-10-11-13-15-17-23(6,7)20-22(3,4)5/h8-17H2,1-7H3. The van der Waals surface area contributed by atoms with Crippen molar-refractivity contribution in [3.63, 3.8) is 0 Å². The molecule has 0 saturated carbocycles. The first-order valence-corrected chi connectivity index (χ1v) is 17.6. The highest BCUT2D eigenvalue weighted by Crippen LogP contribution is 2.21. The molecule has 3 nitrogen and oxygen atoms in total. The van der Waals surface area contributed by atoms with Crippen LogP contribution < -0.4 is 0 Å². The van der Waals surface area contributed by atoms with Crippen LogP contribution in [0.5, 0.6) is 0 Å². The Balaban J connectivity index is 3.59. The minimum Gasteiger partial charge on any atom is -0.456 e. The van der Waals surface area contributed by atoms with Crippen molar-refractivity contribution in [2.45, 2.75) is 97.2 Å². The first-order chi connectivity index (χ1) is 10.7. The third-order valence-electron chi connectivity index (χ3n) is 3.60. The molecule has 0 bridgehead atoms. The second-order valence-corrected chi connectivity index (χ2v) is 18.7. The molecule has 0 rings (SSSR count). The molecule has 0 aliphatic carbocycles. The Kier molecular flexibility index (Phi) is 13.1. The lowest BCUT2D eigenvalue weighted by Crippen LogP contribution is -2.42. The highest BCUT2D eigenvalue weighted by Gasteiger charge is 2.28. The van der Waals surface area contributed by atoms with Gasteiger partial charge < -0.3 is 13.0 Å². The van der Waals surface area contributed by atoms with Gasteiger partial charge in [0.1, 0.15) is 0 Å². The Hall–Kier alpha value is 0.531. The minimum atomic E-state index is -1.41. The largest absolute Gasteiger partial charge is 0.456 e. The fourth-order valence-corrected chi connectivity index (χ4v) is 12.6. The van der Waals surface area contributed by atoms with Crippen molar-refractivity contribution in [3.05, 3.63) is 0 Å². The van der Waals surface area contributed by atoms with Gasteiger partial charge in [-0.3, -0.25) is 0 Å². The molecule has 0 aliphatic rings. The predicted octanol–water partition coefficient (Wildman–Crippen LogP) is 5.94. The summed E-state index contributed by atoms with van der Waals surface area (Å²) in [6.45, 7) is 17.4. The number of unbranched alkanes of at least 4 members (excludes halogenated alkanes) is 5. The van der Waals surface area contributed by atoms with Crippen molar-refractivity contribution in [2.75, 3.05) is 13.2 Å². The SMILES string of the molecule is CCO[Si](CCCCCCCC[Si](C)(C)O[Si](C)(C)C)OCC. The smallest absolute Gasteiger partial charge is 0.384 e. The van der Waals surface area contributed by atoms with Crippen LogP contribution in [-0.4, -0.2) is 39.1 Å². The van der Waals surface area contributed by atoms with E-state index in [-0.39, 0.29) is 0 Å². The van der Waals surface area contributed by atoms with Crippen molar-refractivity contribution in [2.24, 2.45) is 0 Å². The molecule has 0 atom stereocenters. The Morgan fingerprint density at radius 2 is 1.17 bits per heavy atom. The maximum atomic E-state index is 6.40. The first-order valence-electron chi connectivity index (χ1n) is 9.52. The van der Waals surface area contributed by atoms with Crippen LogP contribution in [0.2, 0.25) is 44.8 Å². The Morgan fingerprint density at radius 1 is 0.696 bits per heavy atom. The van der Waals surface area contributed by atoms with Gasteiger partial charge in [0.15, 0.2) is 16.6 Å². The molecular formula is C17H41O3Si3. The van der Waals surface area contributed by atoms with Crippen LogP contribution in [0.1, 0.15) is 52.4 Å². The van der Waals surface area contributed by atoms with E-state index in [0.717, 1.165) is 19.3 Å². The summed E-state index contributed by atoms with van der Waals surface area (Å²) >= 11 is 0. The van der Waals surface area contributed by atoms with E-state index in [4.69, 9.17) is 13.0 Å². The third-order valence-corrected chi connectivity index (χ3v) is 11.8. The maximum absolute atomic E-state index is 6.40. The topological polar surface area (TPSA) is 27.7 Å². The molecule has 0 aromatic heterocycles. The molecule has 0 N–H and O–H groups in total. The van der Waals surface area contributed by atoms with Crippen molar-refractivity contribution in [1.82, 2.24) is 0 Å². The summed E-state index contributed by atoms with van der Waals surface area (Å²) in [5.41, 5.74) is 0. The molecule has 1 radical (unpaired) electrons. The highest BCUT2D eigenvalue weighted by atomic mass is 28.4. The van der Waals surface area contributed by atoms with Gasteiger partial charge in [-0.15, -0.1) is 0 Å². The zero-order valence-electron chi connectivity index (χ0n) is 16.8. The van der Waals surface area contributed by atoms with E-state index in [1.807, 2.05) is 0 Å². The molecule has 0 amide bonds. The summed E-state index contributed by atoms with van der Waals surface area (Å²) in [5, 5.41) is 0. The summed E-state index contributed by atoms with van der Waals surface area (Å²) in [7, 11) is -3.76. The van der Waals surface area contributed by atoms with Gasteiger partial charge in [-0.2, -0.15) is 0 Å². The third kappa shape index (κ3) is 15.8. The number of hydrogen-bond donors (Lipinski definition) is 0. The lowest BCUT2D eigenvalue weighted by Gasteiger charge is -2.31. The summed E-state index contributed by atoms with van der Waals surface area (Å²) in [6.07, 6.45) is 8.00. The van der Waals surface area contributed by atoms with Crippen LogP contribution in [0.3, 0.4) is 0 Å². The van der Waals surface area contributed by atoms with Crippen molar-refractivity contribution in [3.8, 4) is 0 Å². The molecule has 0 fully saturated rings. The lowest BCUT2D eigenvalue weighted by molar-refractivity contribution is 0.212. The van der Waals surface area contributed by atoms with Crippen LogP contribution in [0, 0.1) is 0 Å². The van der Waals surface area contributed by atoms with Gasteiger partial charge in [-0.1, -0.05) is 38.5 Å². The number of rotatable bonds is 15. The zero-order chi connectivity index (χ0) is 17.8. The second-order valence-electron chi connectivity index (χ2n) is 7.83. The monoisotopic (exact) mass is 377 g/mol. The van der Waals surface area contributed by atoms with Crippen LogP contribution in [0.25, 0.3) is 0 Å². The van der Waals surface area contributed by atoms with E-state index in [1.165, 1.54) is 44.6 Å². The maximum Gasteiger partial charge on any atom is 0.384 e. The van der Waals surface area contributed by atoms with Crippen molar-refractivity contribution in [1.29, 1.82) is 0 Å². The van der Waals surface area contributed by atoms with Crippen molar-refractivity contribution >= 4 is 25.9 Å². The van der Waals surface area contributed by atoms with Gasteiger partial charge in [0.25, 0.3) is 0 Å². The van der Waals surface area contributed by atoms with Gasteiger partial charge in [0.2, 0.25) is 0 Å². The predicted molar refractivity (Wildman–Crippen MR) is 108 cm³/mol. The van der Waals surface area contributed by atoms with Crippen LogP contribution in [-0.2, 0) is 13.0 Å².